The normalized spacial score (nSPS) is 29.2. The molecule has 2 aliphatic heterocycles. The monoisotopic (exact) mass is 281 g/mol. The van der Waals surface area contributed by atoms with Gasteiger partial charge in [-0.3, -0.25) is 4.90 Å². The van der Waals surface area contributed by atoms with Gasteiger partial charge in [0.1, 0.15) is 6.10 Å². The quantitative estimate of drug-likeness (QED) is 0.781. The Bertz CT molecular complexity index is 466. The van der Waals surface area contributed by atoms with E-state index in [1.165, 1.54) is 19.4 Å². The van der Waals surface area contributed by atoms with Gasteiger partial charge in [-0.2, -0.15) is 0 Å². The van der Waals surface area contributed by atoms with Gasteiger partial charge in [-0.15, -0.1) is 11.6 Å². The van der Waals surface area contributed by atoms with Crippen LogP contribution in [-0.4, -0.2) is 40.6 Å². The number of halogens is 1. The average molecular weight is 282 g/mol. The van der Waals surface area contributed by atoms with Crippen LogP contribution in [0.4, 0.5) is 0 Å². The molecule has 0 N–H and O–H groups in total. The van der Waals surface area contributed by atoms with Crippen molar-refractivity contribution >= 4 is 11.6 Å². The van der Waals surface area contributed by atoms with Crippen molar-refractivity contribution in [1.82, 2.24) is 14.9 Å². The van der Waals surface area contributed by atoms with Crippen molar-refractivity contribution < 1.29 is 4.74 Å². The van der Waals surface area contributed by atoms with E-state index in [0.29, 0.717) is 6.04 Å². The molecule has 0 saturated carbocycles. The third-order valence-corrected chi connectivity index (χ3v) is 4.38. The van der Waals surface area contributed by atoms with Crippen LogP contribution < -0.4 is 0 Å². The number of nitrogens with zero attached hydrogens (tertiary/aromatic N) is 3. The second kappa shape index (κ2) is 5.35. The van der Waals surface area contributed by atoms with Crippen molar-refractivity contribution in [3.8, 4) is 0 Å². The molecule has 3 rings (SSSR count). The maximum absolute atomic E-state index is 6.10. The van der Waals surface area contributed by atoms with E-state index < -0.39 is 0 Å². The van der Waals surface area contributed by atoms with Crippen LogP contribution in [0.15, 0.2) is 6.20 Å². The first-order valence-electron chi connectivity index (χ1n) is 6.98. The molecule has 5 heteroatoms. The molecule has 1 aromatic heterocycles. The van der Waals surface area contributed by atoms with Gasteiger partial charge in [0.25, 0.3) is 0 Å². The van der Waals surface area contributed by atoms with Crippen LogP contribution >= 0.6 is 11.6 Å². The molecule has 3 atom stereocenters. The van der Waals surface area contributed by atoms with Crippen molar-refractivity contribution in [3.05, 3.63) is 23.3 Å². The molecule has 19 heavy (non-hydrogen) atoms. The molecule has 0 spiro atoms. The number of rotatable bonds is 2. The highest BCUT2D eigenvalue weighted by atomic mass is 35.5. The molecular formula is C14H20ClN3O. The highest BCUT2D eigenvalue weighted by Gasteiger charge is 2.34. The summed E-state index contributed by atoms with van der Waals surface area (Å²) in [6.45, 7) is 6.83. The van der Waals surface area contributed by atoms with Crippen LogP contribution in [0.2, 0.25) is 0 Å². The summed E-state index contributed by atoms with van der Waals surface area (Å²) >= 11 is 6.10. The van der Waals surface area contributed by atoms with Crippen molar-refractivity contribution in [2.24, 2.45) is 0 Å². The molecule has 4 nitrogen and oxygen atoms in total. The Hall–Kier alpha value is -0.710. The Labute approximate surface area is 119 Å². The highest BCUT2D eigenvalue weighted by molar-refractivity contribution is 6.20. The minimum atomic E-state index is -0.0516. The predicted molar refractivity (Wildman–Crippen MR) is 74.3 cm³/mol. The fourth-order valence-electron chi connectivity index (χ4n) is 3.01. The standard InChI is InChI=1S/C14H20ClN3O/c1-9(15)12-6-16-14(17-10(12)2)13-7-18-5-3-4-11(18)8-19-13/h6,9,11,13H,3-5,7-8H2,1-2H3. The van der Waals surface area contributed by atoms with Crippen LogP contribution in [0.25, 0.3) is 0 Å². The zero-order valence-electron chi connectivity index (χ0n) is 11.5. The number of alkyl halides is 1. The van der Waals surface area contributed by atoms with Crippen LogP contribution in [0.3, 0.4) is 0 Å². The first-order valence-corrected chi connectivity index (χ1v) is 7.42. The summed E-state index contributed by atoms with van der Waals surface area (Å²) in [5, 5.41) is -0.0516. The molecule has 0 aromatic carbocycles. The molecule has 1 aromatic rings. The number of aromatic nitrogens is 2. The van der Waals surface area contributed by atoms with Crippen LogP contribution in [-0.2, 0) is 4.74 Å². The van der Waals surface area contributed by atoms with Crippen molar-refractivity contribution in [3.63, 3.8) is 0 Å². The van der Waals surface area contributed by atoms with Gasteiger partial charge >= 0.3 is 0 Å². The lowest BCUT2D eigenvalue weighted by atomic mass is 10.1. The summed E-state index contributed by atoms with van der Waals surface area (Å²) in [4.78, 5) is 11.5. The Kier molecular flexibility index (Phi) is 3.74. The van der Waals surface area contributed by atoms with Gasteiger partial charge in [0.15, 0.2) is 5.82 Å². The number of morpholine rings is 1. The minimum absolute atomic E-state index is 0.00716. The van der Waals surface area contributed by atoms with E-state index in [0.717, 1.165) is 30.2 Å². The summed E-state index contributed by atoms with van der Waals surface area (Å²) in [5.41, 5.74) is 1.96. The first kappa shape index (κ1) is 13.3. The third kappa shape index (κ3) is 2.62. The number of fused-ring (bicyclic) bond motifs is 1. The first-order chi connectivity index (χ1) is 9.15. The Morgan fingerprint density at radius 3 is 3.11 bits per heavy atom. The molecule has 0 bridgehead atoms. The molecule has 3 unspecified atom stereocenters. The van der Waals surface area contributed by atoms with E-state index >= 15 is 0 Å². The Morgan fingerprint density at radius 2 is 2.37 bits per heavy atom. The van der Waals surface area contributed by atoms with Gasteiger partial charge < -0.3 is 4.74 Å². The number of hydrogen-bond acceptors (Lipinski definition) is 4. The second-order valence-electron chi connectivity index (χ2n) is 5.50. The molecule has 3 heterocycles. The summed E-state index contributed by atoms with van der Waals surface area (Å²) < 4.78 is 5.93. The van der Waals surface area contributed by atoms with Gasteiger partial charge in [0.2, 0.25) is 0 Å². The SMILES string of the molecule is Cc1nc(C2CN3CCCC3CO2)ncc1C(C)Cl. The second-order valence-corrected chi connectivity index (χ2v) is 6.15. The average Bonchev–Trinajstić information content (AvgIpc) is 2.85. The number of ether oxygens (including phenoxy) is 1. The molecule has 104 valence electrons. The van der Waals surface area contributed by atoms with Gasteiger partial charge in [0, 0.05) is 30.0 Å². The van der Waals surface area contributed by atoms with E-state index in [1.54, 1.807) is 0 Å². The fourth-order valence-corrected chi connectivity index (χ4v) is 3.23. The molecule has 2 fully saturated rings. The largest absolute Gasteiger partial charge is 0.367 e. The zero-order chi connectivity index (χ0) is 13.4. The predicted octanol–water partition coefficient (Wildman–Crippen LogP) is 2.62. The van der Waals surface area contributed by atoms with Crippen LogP contribution in [0, 0.1) is 6.92 Å². The van der Waals surface area contributed by atoms with Crippen molar-refractivity contribution in [2.75, 3.05) is 19.7 Å². The summed E-state index contributed by atoms with van der Waals surface area (Å²) in [6, 6.07) is 0.611. The van der Waals surface area contributed by atoms with Gasteiger partial charge in [0.05, 0.1) is 12.0 Å². The highest BCUT2D eigenvalue weighted by Crippen LogP contribution is 2.29. The molecular weight excluding hydrogens is 262 g/mol. The van der Waals surface area contributed by atoms with Gasteiger partial charge in [-0.25, -0.2) is 9.97 Å². The van der Waals surface area contributed by atoms with Crippen molar-refractivity contribution in [2.45, 2.75) is 44.2 Å². The summed E-state index contributed by atoms with van der Waals surface area (Å²) in [7, 11) is 0. The van der Waals surface area contributed by atoms with Gasteiger partial charge in [-0.1, -0.05) is 0 Å². The molecule has 2 aliphatic rings. The van der Waals surface area contributed by atoms with E-state index in [4.69, 9.17) is 16.3 Å². The maximum atomic E-state index is 6.10. The zero-order valence-corrected chi connectivity index (χ0v) is 12.2. The van der Waals surface area contributed by atoms with E-state index in [9.17, 15) is 0 Å². The summed E-state index contributed by atoms with van der Waals surface area (Å²) in [5.74, 6) is 0.795. The lowest BCUT2D eigenvalue weighted by Gasteiger charge is -2.34. The Morgan fingerprint density at radius 1 is 1.53 bits per heavy atom. The number of aryl methyl sites for hydroxylation is 1. The number of hydrogen-bond donors (Lipinski definition) is 0. The van der Waals surface area contributed by atoms with Crippen LogP contribution in [0.5, 0.6) is 0 Å². The minimum Gasteiger partial charge on any atom is -0.367 e. The fraction of sp³-hybridized carbons (Fsp3) is 0.714. The molecule has 0 aliphatic carbocycles. The molecule has 0 amide bonds. The van der Waals surface area contributed by atoms with E-state index in [2.05, 4.69) is 14.9 Å². The van der Waals surface area contributed by atoms with E-state index in [1.807, 2.05) is 20.0 Å². The van der Waals surface area contributed by atoms with E-state index in [-0.39, 0.29) is 11.5 Å². The lowest BCUT2D eigenvalue weighted by molar-refractivity contribution is -0.0542. The Balaban J connectivity index is 1.77. The third-order valence-electron chi connectivity index (χ3n) is 4.14. The summed E-state index contributed by atoms with van der Waals surface area (Å²) in [6.07, 6.45) is 4.39. The lowest BCUT2D eigenvalue weighted by Crippen LogP contribution is -2.42. The maximum Gasteiger partial charge on any atom is 0.158 e. The van der Waals surface area contributed by atoms with Gasteiger partial charge in [-0.05, 0) is 33.2 Å². The van der Waals surface area contributed by atoms with Crippen LogP contribution in [0.1, 0.15) is 48.3 Å². The smallest absolute Gasteiger partial charge is 0.158 e. The molecule has 2 saturated heterocycles. The molecule has 0 radical (unpaired) electrons. The van der Waals surface area contributed by atoms with Crippen molar-refractivity contribution in [1.29, 1.82) is 0 Å². The topological polar surface area (TPSA) is 38.2 Å².